The van der Waals surface area contributed by atoms with Gasteiger partial charge in [0.15, 0.2) is 0 Å². The zero-order valence-electron chi connectivity index (χ0n) is 21.4. The number of amides is 3. The number of para-hydroxylation sites is 1. The highest BCUT2D eigenvalue weighted by atomic mass is 16.5. The van der Waals surface area contributed by atoms with E-state index in [1.54, 1.807) is 29.2 Å². The number of carbonyl (C=O) groups excluding carboxylic acids is 3. The molecule has 2 heterocycles. The Hall–Kier alpha value is -3.43. The Morgan fingerprint density at radius 3 is 2.59 bits per heavy atom. The molecule has 0 aromatic heterocycles. The molecule has 1 atom stereocenters. The van der Waals surface area contributed by atoms with Gasteiger partial charge in [-0.15, -0.1) is 0 Å². The maximum absolute atomic E-state index is 13.1. The smallest absolute Gasteiger partial charge is 0.253 e. The van der Waals surface area contributed by atoms with Crippen molar-refractivity contribution in [1.29, 1.82) is 0 Å². The van der Waals surface area contributed by atoms with Crippen molar-refractivity contribution in [1.82, 2.24) is 10.2 Å². The van der Waals surface area contributed by atoms with E-state index in [1.165, 1.54) is 0 Å². The normalized spacial score (nSPS) is 18.0. The Labute approximate surface area is 218 Å². The van der Waals surface area contributed by atoms with Gasteiger partial charge in [-0.1, -0.05) is 19.1 Å². The number of nitrogens with zero attached hydrogens (tertiary/aromatic N) is 2. The standard InChI is InChI=1S/C28H36N4O5/c1-2-16-37-23-10-8-22(9-11-23)32-20-21(19-26(32)33)27(34)30-25-7-4-3-6-24(25)28(35)29-12-5-13-31-14-17-36-18-15-31/h3-4,6-11,21H,2,5,12-20H2,1H3,(H,29,35)(H,30,34)/t21-/m0/s1. The van der Waals surface area contributed by atoms with E-state index in [-0.39, 0.29) is 30.7 Å². The van der Waals surface area contributed by atoms with Gasteiger partial charge in [-0.05, 0) is 55.8 Å². The predicted octanol–water partition coefficient (Wildman–Crippen LogP) is 2.92. The van der Waals surface area contributed by atoms with Crippen LogP contribution in [0.3, 0.4) is 0 Å². The molecule has 0 bridgehead atoms. The topological polar surface area (TPSA) is 100 Å². The number of ether oxygens (including phenoxy) is 2. The van der Waals surface area contributed by atoms with Crippen molar-refractivity contribution in [3.8, 4) is 5.75 Å². The minimum atomic E-state index is -0.506. The Balaban J connectivity index is 1.30. The van der Waals surface area contributed by atoms with Crippen LogP contribution in [0.1, 0.15) is 36.5 Å². The second-order valence-electron chi connectivity index (χ2n) is 9.35. The van der Waals surface area contributed by atoms with Gasteiger partial charge in [0, 0.05) is 38.3 Å². The highest BCUT2D eigenvalue weighted by Crippen LogP contribution is 2.28. The third-order valence-corrected chi connectivity index (χ3v) is 6.59. The lowest BCUT2D eigenvalue weighted by molar-refractivity contribution is -0.122. The fraction of sp³-hybridized carbons (Fsp3) is 0.464. The van der Waals surface area contributed by atoms with E-state index in [4.69, 9.17) is 9.47 Å². The quantitative estimate of drug-likeness (QED) is 0.453. The van der Waals surface area contributed by atoms with E-state index in [0.29, 0.717) is 24.4 Å². The van der Waals surface area contributed by atoms with Crippen LogP contribution < -0.4 is 20.3 Å². The molecule has 2 aromatic rings. The van der Waals surface area contributed by atoms with Crippen LogP contribution in [0, 0.1) is 5.92 Å². The van der Waals surface area contributed by atoms with E-state index in [0.717, 1.165) is 57.1 Å². The number of rotatable bonds is 11. The van der Waals surface area contributed by atoms with Crippen molar-refractivity contribution < 1.29 is 23.9 Å². The number of benzene rings is 2. The lowest BCUT2D eigenvalue weighted by atomic mass is 10.1. The Morgan fingerprint density at radius 2 is 1.84 bits per heavy atom. The first kappa shape index (κ1) is 26.6. The summed E-state index contributed by atoms with van der Waals surface area (Å²) in [7, 11) is 0. The van der Waals surface area contributed by atoms with Crippen molar-refractivity contribution in [2.24, 2.45) is 5.92 Å². The first-order valence-corrected chi connectivity index (χ1v) is 13.1. The van der Waals surface area contributed by atoms with Gasteiger partial charge in [0.05, 0.1) is 37.0 Å². The summed E-state index contributed by atoms with van der Waals surface area (Å²) in [6.07, 6.45) is 1.88. The summed E-state index contributed by atoms with van der Waals surface area (Å²) in [6, 6.07) is 14.3. The maximum Gasteiger partial charge on any atom is 0.253 e. The van der Waals surface area contributed by atoms with E-state index in [9.17, 15) is 14.4 Å². The molecular formula is C28H36N4O5. The van der Waals surface area contributed by atoms with Crippen molar-refractivity contribution >= 4 is 29.1 Å². The van der Waals surface area contributed by atoms with Crippen LogP contribution in [0.5, 0.6) is 5.75 Å². The molecule has 2 fully saturated rings. The average molecular weight is 509 g/mol. The number of morpholine rings is 1. The van der Waals surface area contributed by atoms with Gasteiger partial charge in [-0.25, -0.2) is 0 Å². The van der Waals surface area contributed by atoms with Crippen molar-refractivity contribution in [2.75, 3.05) is 62.8 Å². The molecule has 0 radical (unpaired) electrons. The van der Waals surface area contributed by atoms with Gasteiger partial charge >= 0.3 is 0 Å². The summed E-state index contributed by atoms with van der Waals surface area (Å²) in [5, 5.41) is 5.83. The number of hydrogen-bond donors (Lipinski definition) is 2. The van der Waals surface area contributed by atoms with Gasteiger partial charge in [0.2, 0.25) is 11.8 Å². The monoisotopic (exact) mass is 508 g/mol. The first-order chi connectivity index (χ1) is 18.0. The largest absolute Gasteiger partial charge is 0.494 e. The van der Waals surface area contributed by atoms with Crippen LogP contribution >= 0.6 is 0 Å². The first-order valence-electron chi connectivity index (χ1n) is 13.1. The summed E-state index contributed by atoms with van der Waals surface area (Å²) < 4.78 is 11.0. The molecule has 0 spiro atoms. The number of carbonyl (C=O) groups is 3. The SMILES string of the molecule is CCCOc1ccc(N2C[C@@H](C(=O)Nc3ccccc3C(=O)NCCCN3CCOCC3)CC2=O)cc1. The molecule has 0 saturated carbocycles. The van der Waals surface area contributed by atoms with Crippen molar-refractivity contribution in [2.45, 2.75) is 26.2 Å². The zero-order chi connectivity index (χ0) is 26.0. The maximum atomic E-state index is 13.1. The van der Waals surface area contributed by atoms with Gasteiger partial charge in [-0.2, -0.15) is 0 Å². The molecule has 198 valence electrons. The van der Waals surface area contributed by atoms with Crippen molar-refractivity contribution in [3.05, 3.63) is 54.1 Å². The number of hydrogen-bond acceptors (Lipinski definition) is 6. The Morgan fingerprint density at radius 1 is 1.08 bits per heavy atom. The Kier molecular flexibility index (Phi) is 9.51. The van der Waals surface area contributed by atoms with E-state index < -0.39 is 5.92 Å². The third-order valence-electron chi connectivity index (χ3n) is 6.59. The van der Waals surface area contributed by atoms with Gasteiger partial charge in [-0.3, -0.25) is 19.3 Å². The average Bonchev–Trinajstić information content (AvgIpc) is 3.32. The second-order valence-corrected chi connectivity index (χ2v) is 9.35. The van der Waals surface area contributed by atoms with E-state index in [2.05, 4.69) is 15.5 Å². The van der Waals surface area contributed by atoms with E-state index >= 15 is 0 Å². The molecule has 2 aliphatic rings. The van der Waals surface area contributed by atoms with Crippen LogP contribution in [0.4, 0.5) is 11.4 Å². The minimum Gasteiger partial charge on any atom is -0.494 e. The van der Waals surface area contributed by atoms with Crippen LogP contribution in [0.15, 0.2) is 48.5 Å². The molecule has 0 aliphatic carbocycles. The fourth-order valence-electron chi connectivity index (χ4n) is 4.52. The number of anilines is 2. The lowest BCUT2D eigenvalue weighted by Crippen LogP contribution is -2.38. The van der Waals surface area contributed by atoms with Gasteiger partial charge < -0.3 is 25.0 Å². The molecule has 2 aromatic carbocycles. The lowest BCUT2D eigenvalue weighted by Gasteiger charge is -2.26. The summed E-state index contributed by atoms with van der Waals surface area (Å²) >= 11 is 0. The van der Waals surface area contributed by atoms with E-state index in [1.807, 2.05) is 31.2 Å². The summed E-state index contributed by atoms with van der Waals surface area (Å²) in [5.41, 5.74) is 1.59. The predicted molar refractivity (Wildman–Crippen MR) is 142 cm³/mol. The van der Waals surface area contributed by atoms with Crippen LogP contribution in [-0.4, -0.2) is 75.2 Å². The summed E-state index contributed by atoms with van der Waals surface area (Å²) in [6.45, 7) is 7.77. The highest BCUT2D eigenvalue weighted by molar-refractivity contribution is 6.07. The highest BCUT2D eigenvalue weighted by Gasteiger charge is 2.35. The molecule has 2 saturated heterocycles. The van der Waals surface area contributed by atoms with Gasteiger partial charge in [0.1, 0.15) is 5.75 Å². The summed E-state index contributed by atoms with van der Waals surface area (Å²) in [5.74, 6) is -0.358. The van der Waals surface area contributed by atoms with Crippen molar-refractivity contribution in [3.63, 3.8) is 0 Å². The fourth-order valence-corrected chi connectivity index (χ4v) is 4.52. The molecule has 37 heavy (non-hydrogen) atoms. The van der Waals surface area contributed by atoms with Crippen LogP contribution in [-0.2, 0) is 14.3 Å². The molecule has 2 aliphatic heterocycles. The Bertz CT molecular complexity index is 1070. The van der Waals surface area contributed by atoms with Gasteiger partial charge in [0.25, 0.3) is 5.91 Å². The third kappa shape index (κ3) is 7.30. The minimum absolute atomic E-state index is 0.103. The summed E-state index contributed by atoms with van der Waals surface area (Å²) in [4.78, 5) is 42.5. The molecule has 3 amide bonds. The molecule has 2 N–H and O–H groups in total. The second kappa shape index (κ2) is 13.2. The number of nitrogens with one attached hydrogen (secondary N) is 2. The molecule has 0 unspecified atom stereocenters. The molecule has 9 nitrogen and oxygen atoms in total. The zero-order valence-corrected chi connectivity index (χ0v) is 21.4. The van der Waals surface area contributed by atoms with Crippen LogP contribution in [0.25, 0.3) is 0 Å². The molecular weight excluding hydrogens is 472 g/mol. The molecule has 9 heteroatoms. The van der Waals surface area contributed by atoms with Crippen LogP contribution in [0.2, 0.25) is 0 Å². The molecule has 4 rings (SSSR count).